The van der Waals surface area contributed by atoms with Crippen molar-refractivity contribution in [3.63, 3.8) is 0 Å². The molecule has 1 unspecified atom stereocenters. The van der Waals surface area contributed by atoms with Gasteiger partial charge in [0.05, 0.1) is 19.2 Å². The minimum atomic E-state index is 0.351. The van der Waals surface area contributed by atoms with E-state index in [0.29, 0.717) is 17.8 Å². The van der Waals surface area contributed by atoms with Crippen LogP contribution in [0, 0.1) is 0 Å². The number of hydrogen-bond donors (Lipinski definition) is 0. The number of ether oxygens (including phenoxy) is 1. The van der Waals surface area contributed by atoms with Gasteiger partial charge in [0, 0.05) is 13.0 Å². The van der Waals surface area contributed by atoms with Crippen LogP contribution in [0.25, 0.3) is 0 Å². The normalized spacial score (nSPS) is 21.6. The zero-order chi connectivity index (χ0) is 16.4. The highest BCUT2D eigenvalue weighted by Crippen LogP contribution is 2.34. The van der Waals surface area contributed by atoms with Crippen molar-refractivity contribution in [2.24, 2.45) is 0 Å². The summed E-state index contributed by atoms with van der Waals surface area (Å²) < 4.78 is 7.81. The maximum Gasteiger partial charge on any atom is 0.294 e. The lowest BCUT2D eigenvalue weighted by atomic mass is 10.2. The van der Waals surface area contributed by atoms with Gasteiger partial charge in [0.2, 0.25) is 0 Å². The van der Waals surface area contributed by atoms with Gasteiger partial charge < -0.3 is 9.30 Å². The molecule has 0 aromatic carbocycles. The van der Waals surface area contributed by atoms with E-state index in [4.69, 9.17) is 4.74 Å². The van der Waals surface area contributed by atoms with Crippen molar-refractivity contribution in [1.82, 2.24) is 29.9 Å². The van der Waals surface area contributed by atoms with Crippen molar-refractivity contribution in [1.29, 1.82) is 0 Å². The van der Waals surface area contributed by atoms with Crippen molar-refractivity contribution in [2.45, 2.75) is 64.6 Å². The molecule has 0 N–H and O–H groups in total. The maximum atomic E-state index is 5.44. The van der Waals surface area contributed by atoms with Crippen molar-refractivity contribution in [3.05, 3.63) is 16.7 Å². The molecule has 0 aliphatic carbocycles. The van der Waals surface area contributed by atoms with Gasteiger partial charge in [-0.25, -0.2) is 0 Å². The number of hydrogen-bond acceptors (Lipinski definition) is 7. The SMILES string of the molecule is CCOc1nnc(CN2CCCC2c2nnc3n2CCCCC3)s1. The molecule has 1 atom stereocenters. The van der Waals surface area contributed by atoms with E-state index in [1.807, 2.05) is 6.92 Å². The Bertz CT molecular complexity index is 684. The molecule has 24 heavy (non-hydrogen) atoms. The molecule has 130 valence electrons. The standard InChI is InChI=1S/C16H24N6OS/c1-2-23-16-20-18-14(24-16)11-21-9-6-7-12(21)15-19-17-13-8-4-3-5-10-22(13)15/h12H,2-11H2,1H3. The Morgan fingerprint density at radius 3 is 2.96 bits per heavy atom. The highest BCUT2D eigenvalue weighted by atomic mass is 32.1. The summed E-state index contributed by atoms with van der Waals surface area (Å²) in [5.74, 6) is 2.32. The summed E-state index contributed by atoms with van der Waals surface area (Å²) in [7, 11) is 0. The van der Waals surface area contributed by atoms with Gasteiger partial charge in [0.1, 0.15) is 16.7 Å². The Labute approximate surface area is 146 Å². The van der Waals surface area contributed by atoms with Crippen molar-refractivity contribution in [2.75, 3.05) is 13.2 Å². The van der Waals surface area contributed by atoms with Gasteiger partial charge in [-0.15, -0.1) is 20.4 Å². The molecule has 8 heteroatoms. The van der Waals surface area contributed by atoms with Crippen LogP contribution in [0.4, 0.5) is 0 Å². The lowest BCUT2D eigenvalue weighted by Crippen LogP contribution is -2.25. The summed E-state index contributed by atoms with van der Waals surface area (Å²) in [5.41, 5.74) is 0. The summed E-state index contributed by atoms with van der Waals surface area (Å²) in [5, 5.41) is 19.1. The largest absolute Gasteiger partial charge is 0.469 e. The van der Waals surface area contributed by atoms with Crippen LogP contribution in [0.15, 0.2) is 0 Å². The quantitative estimate of drug-likeness (QED) is 0.827. The van der Waals surface area contributed by atoms with E-state index in [2.05, 4.69) is 29.9 Å². The summed E-state index contributed by atoms with van der Waals surface area (Å²) in [6, 6.07) is 0.351. The number of fused-ring (bicyclic) bond motifs is 1. The first-order chi connectivity index (χ1) is 11.8. The number of aryl methyl sites for hydroxylation is 1. The van der Waals surface area contributed by atoms with Crippen molar-refractivity contribution < 1.29 is 4.74 Å². The second-order valence-electron chi connectivity index (χ2n) is 6.46. The molecule has 0 bridgehead atoms. The molecule has 1 saturated heterocycles. The number of likely N-dealkylation sites (tertiary alicyclic amines) is 1. The fraction of sp³-hybridized carbons (Fsp3) is 0.750. The summed E-state index contributed by atoms with van der Waals surface area (Å²) >= 11 is 1.55. The van der Waals surface area contributed by atoms with Crippen LogP contribution in [-0.2, 0) is 19.5 Å². The smallest absolute Gasteiger partial charge is 0.294 e. The van der Waals surface area contributed by atoms with Gasteiger partial charge >= 0.3 is 0 Å². The summed E-state index contributed by atoms with van der Waals surface area (Å²) in [6.45, 7) is 5.56. The molecule has 0 amide bonds. The Hall–Kier alpha value is -1.54. The Morgan fingerprint density at radius 1 is 1.08 bits per heavy atom. The third-order valence-corrected chi connectivity index (χ3v) is 5.67. The van der Waals surface area contributed by atoms with Gasteiger partial charge in [-0.1, -0.05) is 17.8 Å². The molecular weight excluding hydrogens is 324 g/mol. The van der Waals surface area contributed by atoms with Crippen LogP contribution in [-0.4, -0.2) is 43.0 Å². The maximum absolute atomic E-state index is 5.44. The number of rotatable bonds is 5. The zero-order valence-electron chi connectivity index (χ0n) is 14.1. The first kappa shape index (κ1) is 16.0. The first-order valence-corrected chi connectivity index (χ1v) is 9.78. The molecule has 7 nitrogen and oxygen atoms in total. The average Bonchev–Trinajstić information content (AvgIpc) is 3.26. The highest BCUT2D eigenvalue weighted by molar-refractivity contribution is 7.13. The third kappa shape index (κ3) is 3.17. The van der Waals surface area contributed by atoms with Gasteiger partial charge in [-0.3, -0.25) is 4.90 Å². The zero-order valence-corrected chi connectivity index (χ0v) is 15.0. The fourth-order valence-corrected chi connectivity index (χ4v) is 4.49. The van der Waals surface area contributed by atoms with Gasteiger partial charge in [0.15, 0.2) is 0 Å². The molecule has 2 aliphatic heterocycles. The number of nitrogens with zero attached hydrogens (tertiary/aromatic N) is 6. The molecule has 0 spiro atoms. The van der Waals surface area contributed by atoms with Crippen molar-refractivity contribution >= 4 is 11.3 Å². The third-order valence-electron chi connectivity index (χ3n) is 4.85. The molecule has 4 rings (SSSR count). The van der Waals surface area contributed by atoms with Crippen molar-refractivity contribution in [3.8, 4) is 5.19 Å². The highest BCUT2D eigenvalue weighted by Gasteiger charge is 2.32. The monoisotopic (exact) mass is 348 g/mol. The molecule has 2 aromatic heterocycles. The first-order valence-electron chi connectivity index (χ1n) is 8.96. The van der Waals surface area contributed by atoms with Gasteiger partial charge in [-0.05, 0) is 39.2 Å². The molecule has 0 radical (unpaired) electrons. The second-order valence-corrected chi connectivity index (χ2v) is 7.48. The molecule has 2 aromatic rings. The summed E-state index contributed by atoms with van der Waals surface area (Å²) in [6.07, 6.45) is 7.17. The van der Waals surface area contributed by atoms with Crippen LogP contribution in [0.3, 0.4) is 0 Å². The van der Waals surface area contributed by atoms with Crippen LogP contribution >= 0.6 is 11.3 Å². The minimum absolute atomic E-state index is 0.351. The van der Waals surface area contributed by atoms with E-state index in [1.54, 1.807) is 11.3 Å². The lowest BCUT2D eigenvalue weighted by Gasteiger charge is -2.23. The predicted molar refractivity (Wildman–Crippen MR) is 91.0 cm³/mol. The van der Waals surface area contributed by atoms with E-state index in [-0.39, 0.29) is 0 Å². The van der Waals surface area contributed by atoms with E-state index in [1.165, 1.54) is 31.5 Å². The van der Waals surface area contributed by atoms with Crippen LogP contribution < -0.4 is 4.74 Å². The summed E-state index contributed by atoms with van der Waals surface area (Å²) in [4.78, 5) is 2.47. The Morgan fingerprint density at radius 2 is 2.04 bits per heavy atom. The van der Waals surface area contributed by atoms with Gasteiger partial charge in [-0.2, -0.15) is 0 Å². The van der Waals surface area contributed by atoms with Crippen LogP contribution in [0.1, 0.15) is 61.7 Å². The predicted octanol–water partition coefficient (Wildman–Crippen LogP) is 2.59. The van der Waals surface area contributed by atoms with Crippen LogP contribution in [0.5, 0.6) is 5.19 Å². The van der Waals surface area contributed by atoms with E-state index >= 15 is 0 Å². The van der Waals surface area contributed by atoms with E-state index in [9.17, 15) is 0 Å². The number of aromatic nitrogens is 5. The lowest BCUT2D eigenvalue weighted by molar-refractivity contribution is 0.233. The second kappa shape index (κ2) is 7.14. The molecule has 0 saturated carbocycles. The van der Waals surface area contributed by atoms with Gasteiger partial charge in [0.25, 0.3) is 5.19 Å². The molecular formula is C16H24N6OS. The topological polar surface area (TPSA) is 69.0 Å². The minimum Gasteiger partial charge on any atom is -0.469 e. The van der Waals surface area contributed by atoms with Crippen LogP contribution in [0.2, 0.25) is 0 Å². The van der Waals surface area contributed by atoms with E-state index < -0.39 is 0 Å². The molecule has 1 fully saturated rings. The molecule has 4 heterocycles. The van der Waals surface area contributed by atoms with E-state index in [0.717, 1.165) is 43.3 Å². The Balaban J connectivity index is 1.51. The fourth-order valence-electron chi connectivity index (χ4n) is 3.72. The Kier molecular flexibility index (Phi) is 4.75. The molecule has 2 aliphatic rings. The average molecular weight is 348 g/mol.